The molecule has 2 bridgehead atoms. The molecule has 1 fully saturated rings. The van der Waals surface area contributed by atoms with Crippen LogP contribution in [0.25, 0.3) is 0 Å². The van der Waals surface area contributed by atoms with Gasteiger partial charge in [0.15, 0.2) is 23.6 Å². The van der Waals surface area contributed by atoms with Crippen molar-refractivity contribution in [3.05, 3.63) is 47.7 Å². The van der Waals surface area contributed by atoms with E-state index in [-0.39, 0.29) is 56.0 Å². The molecule has 48 heavy (non-hydrogen) atoms. The number of carboxylic acid groups (broad SMARTS) is 1. The number of likely N-dealkylation sites (N-methyl/N-ethyl adjacent to an activating group) is 1. The van der Waals surface area contributed by atoms with Crippen LogP contribution in [-0.4, -0.2) is 119 Å². The SMILES string of the molecule is C=CCN1CC[C@]23c4c5ccc(O)c4O[C@H]2C(OC(=O)N(C)CCNC(=O)[C@@H](CCCNC(=N)N)NC(=O)CC(=O)O)=CC[C@@]3(O)[C@H]1C5. The first-order chi connectivity index (χ1) is 22.8. The van der Waals surface area contributed by atoms with Gasteiger partial charge in [0.1, 0.15) is 18.2 Å². The number of benzene rings is 1. The topological polar surface area (TPSA) is 240 Å². The maximum atomic E-state index is 13.3. The highest BCUT2D eigenvalue weighted by atomic mass is 16.6. The second kappa shape index (κ2) is 13.7. The predicted octanol–water partition coefficient (Wildman–Crippen LogP) is -0.367. The first-order valence-electron chi connectivity index (χ1n) is 15.9. The Hall–Kier alpha value is -4.83. The van der Waals surface area contributed by atoms with Gasteiger partial charge in [-0.05, 0) is 43.4 Å². The molecule has 3 amide bonds. The van der Waals surface area contributed by atoms with Crippen LogP contribution in [0.3, 0.4) is 0 Å². The van der Waals surface area contributed by atoms with Crippen molar-refractivity contribution < 1.29 is 44.0 Å². The summed E-state index contributed by atoms with van der Waals surface area (Å²) >= 11 is 0. The highest BCUT2D eigenvalue weighted by molar-refractivity contribution is 5.96. The molecule has 16 heteroatoms. The van der Waals surface area contributed by atoms with Crippen molar-refractivity contribution in [2.75, 3.05) is 39.8 Å². The standard InChI is InChI=1S/C32H43N7O9/c1-3-13-39-14-10-31-25-18-6-7-20(40)26(25)48-27(31)21(8-9-32(31,46)22(39)16-18)47-30(45)38(2)15-12-35-28(44)19(5-4-11-36-29(33)34)37-23(41)17-24(42)43/h3,6-8,19,22,27,40,46H,1,4-5,9-17H2,2H3,(H,35,44)(H,37,41)(H,42,43)(H4,33,34,36)/t19-,22-,27+,31+,32-/m1/s1. The van der Waals surface area contributed by atoms with Gasteiger partial charge < -0.3 is 51.4 Å². The first kappa shape index (κ1) is 34.5. The number of likely N-dealkylation sites (tertiary alicyclic amines) is 1. The van der Waals surface area contributed by atoms with Gasteiger partial charge in [-0.3, -0.25) is 24.7 Å². The van der Waals surface area contributed by atoms with Crippen LogP contribution in [0.5, 0.6) is 11.5 Å². The second-order valence-electron chi connectivity index (χ2n) is 12.7. The summed E-state index contributed by atoms with van der Waals surface area (Å²) < 4.78 is 12.2. The maximum Gasteiger partial charge on any atom is 0.414 e. The molecule has 5 atom stereocenters. The van der Waals surface area contributed by atoms with Crippen LogP contribution in [0.15, 0.2) is 36.6 Å². The number of aromatic hydroxyl groups is 1. The van der Waals surface area contributed by atoms with E-state index < -0.39 is 53.5 Å². The van der Waals surface area contributed by atoms with Crippen LogP contribution in [0.4, 0.5) is 4.79 Å². The van der Waals surface area contributed by atoms with E-state index in [4.69, 9.17) is 25.7 Å². The Bertz CT molecular complexity index is 1530. The number of nitrogens with two attached hydrogens (primary N) is 1. The number of ether oxygens (including phenoxy) is 2. The summed E-state index contributed by atoms with van der Waals surface area (Å²) in [6.45, 7) is 5.43. The fraction of sp³-hybridized carbons (Fsp3) is 0.531. The minimum absolute atomic E-state index is 0.00636. The first-order valence-corrected chi connectivity index (χ1v) is 15.9. The number of carbonyl (C=O) groups excluding carboxylic acids is 3. The number of guanidine groups is 1. The van der Waals surface area contributed by atoms with Gasteiger partial charge in [0.05, 0.1) is 11.0 Å². The van der Waals surface area contributed by atoms with Crippen molar-refractivity contribution >= 4 is 29.8 Å². The van der Waals surface area contributed by atoms with E-state index in [0.717, 1.165) is 11.1 Å². The van der Waals surface area contributed by atoms with Gasteiger partial charge in [-0.25, -0.2) is 4.79 Å². The number of phenolic OH excluding ortho intramolecular Hbond substituents is 1. The molecular weight excluding hydrogens is 626 g/mol. The number of nitrogens with zero attached hydrogens (tertiary/aromatic N) is 2. The molecule has 5 rings (SSSR count). The summed E-state index contributed by atoms with van der Waals surface area (Å²) in [6.07, 6.45) is 2.90. The fourth-order valence-electron chi connectivity index (χ4n) is 7.62. The molecule has 1 aromatic carbocycles. The van der Waals surface area contributed by atoms with Crippen molar-refractivity contribution in [1.82, 2.24) is 25.8 Å². The van der Waals surface area contributed by atoms with Gasteiger partial charge >= 0.3 is 12.1 Å². The number of amides is 3. The number of carbonyl (C=O) groups is 4. The van der Waals surface area contributed by atoms with E-state index in [1.165, 1.54) is 11.9 Å². The number of hydrogen-bond acceptors (Lipinski definition) is 10. The van der Waals surface area contributed by atoms with Gasteiger partial charge in [-0.15, -0.1) is 6.58 Å². The predicted molar refractivity (Wildman–Crippen MR) is 171 cm³/mol. The minimum atomic E-state index is -1.34. The van der Waals surface area contributed by atoms with Crippen LogP contribution in [0.1, 0.15) is 43.2 Å². The van der Waals surface area contributed by atoms with Crippen molar-refractivity contribution in [2.45, 2.75) is 67.7 Å². The van der Waals surface area contributed by atoms with E-state index in [2.05, 4.69) is 27.4 Å². The lowest BCUT2D eigenvalue weighted by molar-refractivity contribution is -0.166. The number of carboxylic acids is 1. The number of piperidine rings is 1. The molecular formula is C32H43N7O9. The van der Waals surface area contributed by atoms with Crippen LogP contribution >= 0.6 is 0 Å². The zero-order valence-corrected chi connectivity index (χ0v) is 26.8. The number of phenols is 1. The Balaban J connectivity index is 1.24. The van der Waals surface area contributed by atoms with E-state index >= 15 is 0 Å². The van der Waals surface area contributed by atoms with Crippen LogP contribution in [-0.2, 0) is 31.0 Å². The Labute approximate surface area is 277 Å². The van der Waals surface area contributed by atoms with E-state index in [1.54, 1.807) is 12.1 Å². The molecule has 2 aliphatic heterocycles. The monoisotopic (exact) mass is 669 g/mol. The molecule has 1 saturated heterocycles. The zero-order valence-electron chi connectivity index (χ0n) is 26.8. The molecule has 2 aliphatic carbocycles. The van der Waals surface area contributed by atoms with Crippen LogP contribution in [0, 0.1) is 5.41 Å². The van der Waals surface area contributed by atoms with Crippen LogP contribution < -0.4 is 26.4 Å². The molecule has 260 valence electrons. The molecule has 1 aromatic rings. The van der Waals surface area contributed by atoms with Crippen molar-refractivity contribution in [3.63, 3.8) is 0 Å². The number of aliphatic hydroxyl groups is 1. The van der Waals surface area contributed by atoms with Crippen LogP contribution in [0.2, 0.25) is 0 Å². The molecule has 2 heterocycles. The van der Waals surface area contributed by atoms with E-state index in [1.807, 2.05) is 12.1 Å². The van der Waals surface area contributed by atoms with Crippen molar-refractivity contribution in [2.24, 2.45) is 5.73 Å². The molecule has 0 unspecified atom stereocenters. The number of nitrogens with one attached hydrogen (secondary N) is 4. The largest absolute Gasteiger partial charge is 0.504 e. The fourth-order valence-corrected chi connectivity index (χ4v) is 7.62. The average Bonchev–Trinajstić information content (AvgIpc) is 3.38. The maximum absolute atomic E-state index is 13.3. The van der Waals surface area contributed by atoms with Gasteiger partial charge in [-0.2, -0.15) is 0 Å². The lowest BCUT2D eigenvalue weighted by Gasteiger charge is -2.62. The molecule has 16 nitrogen and oxygen atoms in total. The molecule has 9 N–H and O–H groups in total. The summed E-state index contributed by atoms with van der Waals surface area (Å²) in [4.78, 5) is 52.6. The third-order valence-corrected chi connectivity index (χ3v) is 9.77. The summed E-state index contributed by atoms with van der Waals surface area (Å²) in [5.74, 6) is -2.50. The molecule has 0 aromatic heterocycles. The summed E-state index contributed by atoms with van der Waals surface area (Å²) in [7, 11) is 1.49. The van der Waals surface area contributed by atoms with E-state index in [0.29, 0.717) is 38.1 Å². The number of rotatable bonds is 14. The molecule has 0 saturated carbocycles. The number of hydrogen-bond donors (Lipinski definition) is 8. The average molecular weight is 670 g/mol. The lowest BCUT2D eigenvalue weighted by Crippen LogP contribution is -2.75. The second-order valence-corrected chi connectivity index (χ2v) is 12.7. The lowest BCUT2D eigenvalue weighted by atomic mass is 9.50. The summed E-state index contributed by atoms with van der Waals surface area (Å²) in [5, 5.41) is 47.0. The van der Waals surface area contributed by atoms with Crippen molar-refractivity contribution in [1.29, 1.82) is 5.41 Å². The number of aliphatic carboxylic acids is 1. The highest BCUT2D eigenvalue weighted by Crippen LogP contribution is 2.65. The zero-order chi connectivity index (χ0) is 34.8. The molecule has 1 spiro atoms. The minimum Gasteiger partial charge on any atom is -0.504 e. The Morgan fingerprint density at radius 2 is 2.06 bits per heavy atom. The Morgan fingerprint density at radius 3 is 2.77 bits per heavy atom. The third-order valence-electron chi connectivity index (χ3n) is 9.77. The van der Waals surface area contributed by atoms with Gasteiger partial charge in [0.2, 0.25) is 11.8 Å². The van der Waals surface area contributed by atoms with E-state index in [9.17, 15) is 29.4 Å². The summed E-state index contributed by atoms with van der Waals surface area (Å²) in [5.41, 5.74) is 4.83. The van der Waals surface area contributed by atoms with Crippen molar-refractivity contribution in [3.8, 4) is 11.5 Å². The Kier molecular flexibility index (Phi) is 9.86. The molecule has 4 aliphatic rings. The smallest absolute Gasteiger partial charge is 0.414 e. The van der Waals surface area contributed by atoms with Gasteiger partial charge in [0, 0.05) is 57.8 Å². The van der Waals surface area contributed by atoms with Gasteiger partial charge in [-0.1, -0.05) is 12.1 Å². The highest BCUT2D eigenvalue weighted by Gasteiger charge is 2.72. The molecule has 0 radical (unpaired) electrons. The van der Waals surface area contributed by atoms with Gasteiger partial charge in [0.25, 0.3) is 0 Å². The summed E-state index contributed by atoms with van der Waals surface area (Å²) in [6, 6.07) is 2.17. The normalized spacial score (nSPS) is 25.3. The third kappa shape index (κ3) is 6.24. The Morgan fingerprint density at radius 1 is 1.29 bits per heavy atom. The quantitative estimate of drug-likeness (QED) is 0.0416.